The van der Waals surface area contributed by atoms with Crippen LogP contribution < -0.4 is 5.32 Å². The van der Waals surface area contributed by atoms with Gasteiger partial charge in [-0.05, 0) is 18.6 Å². The van der Waals surface area contributed by atoms with Gasteiger partial charge in [-0.2, -0.15) is 0 Å². The predicted molar refractivity (Wildman–Crippen MR) is 77.6 cm³/mol. The van der Waals surface area contributed by atoms with Crippen LogP contribution in [0.2, 0.25) is 0 Å². The van der Waals surface area contributed by atoms with Crippen molar-refractivity contribution in [2.75, 3.05) is 13.2 Å². The van der Waals surface area contributed by atoms with E-state index in [9.17, 15) is 30.3 Å². The minimum atomic E-state index is -2.02. The second-order valence-corrected chi connectivity index (χ2v) is 4.99. The summed E-state index contributed by atoms with van der Waals surface area (Å²) in [5.41, 5.74) is 0.207. The minimum Gasteiger partial charge on any atom is -0.508 e. The van der Waals surface area contributed by atoms with Crippen LogP contribution in [0.5, 0.6) is 11.5 Å². The Morgan fingerprint density at radius 1 is 1.04 bits per heavy atom. The molecule has 1 aromatic carbocycles. The van der Waals surface area contributed by atoms with E-state index in [0.717, 1.165) is 0 Å². The number of nitrogens with one attached hydrogen (secondary N) is 1. The molecule has 9 heteroatoms. The Balaban J connectivity index is 2.53. The van der Waals surface area contributed by atoms with Crippen molar-refractivity contribution in [1.82, 2.24) is 5.32 Å². The Hall–Kier alpha value is -1.91. The Labute approximate surface area is 132 Å². The maximum atomic E-state index is 11.7. The molecule has 0 saturated heterocycles. The molecule has 0 bridgehead atoms. The molecule has 0 radical (unpaired) electrons. The monoisotopic (exact) mass is 331 g/mol. The maximum Gasteiger partial charge on any atom is 0.251 e. The zero-order chi connectivity index (χ0) is 17.6. The van der Waals surface area contributed by atoms with Crippen molar-refractivity contribution in [2.45, 2.75) is 30.8 Å². The summed E-state index contributed by atoms with van der Waals surface area (Å²) in [4.78, 5) is 11.7. The van der Waals surface area contributed by atoms with Gasteiger partial charge in [0.1, 0.15) is 29.8 Å². The average molecular weight is 331 g/mol. The number of amides is 1. The van der Waals surface area contributed by atoms with Crippen molar-refractivity contribution in [3.8, 4) is 11.5 Å². The molecule has 1 aromatic rings. The van der Waals surface area contributed by atoms with E-state index in [4.69, 9.17) is 10.2 Å². The fraction of sp³-hybridized carbons (Fsp3) is 0.500. The highest BCUT2D eigenvalue weighted by molar-refractivity contribution is 5.81. The van der Waals surface area contributed by atoms with Crippen LogP contribution in [0.15, 0.2) is 18.2 Å². The van der Waals surface area contributed by atoms with E-state index < -0.39 is 36.9 Å². The number of phenolic OH excluding ortho intramolecular Hbond substituents is 2. The molecule has 0 spiro atoms. The molecule has 0 aliphatic carbocycles. The number of hydrogen-bond acceptors (Lipinski definition) is 8. The molecular formula is C14H21NO8. The third kappa shape index (κ3) is 5.05. The summed E-state index contributed by atoms with van der Waals surface area (Å²) >= 11 is 0. The third-order valence-corrected chi connectivity index (χ3v) is 3.32. The van der Waals surface area contributed by atoms with Gasteiger partial charge < -0.3 is 41.1 Å². The van der Waals surface area contributed by atoms with Crippen molar-refractivity contribution in [3.05, 3.63) is 23.8 Å². The number of carbonyl (C=O) groups is 1. The van der Waals surface area contributed by atoms with Crippen LogP contribution >= 0.6 is 0 Å². The topological polar surface area (TPSA) is 171 Å². The van der Waals surface area contributed by atoms with Crippen LogP contribution in [0.25, 0.3) is 0 Å². The quantitative estimate of drug-likeness (QED) is 0.252. The molecule has 0 heterocycles. The average Bonchev–Trinajstić information content (AvgIpc) is 2.54. The first kappa shape index (κ1) is 19.1. The van der Waals surface area contributed by atoms with Gasteiger partial charge in [0.25, 0.3) is 5.91 Å². The predicted octanol–water partition coefficient (Wildman–Crippen LogP) is -2.81. The van der Waals surface area contributed by atoms with Gasteiger partial charge in [-0.25, -0.2) is 0 Å². The van der Waals surface area contributed by atoms with Crippen LogP contribution in [0.3, 0.4) is 0 Å². The summed E-state index contributed by atoms with van der Waals surface area (Å²) in [5.74, 6) is -1.32. The number of phenols is 2. The lowest BCUT2D eigenvalue weighted by Gasteiger charge is -2.24. The van der Waals surface area contributed by atoms with Gasteiger partial charge >= 0.3 is 0 Å². The van der Waals surface area contributed by atoms with E-state index in [1.807, 2.05) is 0 Å². The summed E-state index contributed by atoms with van der Waals surface area (Å²) < 4.78 is 0. The molecule has 8 N–H and O–H groups in total. The summed E-state index contributed by atoms with van der Waals surface area (Å²) in [6.45, 7) is -0.911. The van der Waals surface area contributed by atoms with Crippen molar-refractivity contribution in [3.63, 3.8) is 0 Å². The molecule has 0 fully saturated rings. The molecule has 0 aromatic heterocycles. The number of aliphatic hydroxyl groups excluding tert-OH is 5. The standard InChI is InChI=1S/C14H21NO8/c16-6-10(19)11(20)12(21)13(22)14(23)15-5-4-7-8(17)2-1-3-9(7)18/h1-3,10-13,16-22H,4-6H2,(H,15,23)/t10-,11+,12+,13+/m1/s1. The molecule has 0 aliphatic heterocycles. The summed E-state index contributed by atoms with van der Waals surface area (Å²) in [7, 11) is 0. The summed E-state index contributed by atoms with van der Waals surface area (Å²) in [6.07, 6.45) is -7.55. The summed E-state index contributed by atoms with van der Waals surface area (Å²) in [5, 5.41) is 67.7. The van der Waals surface area contributed by atoms with Crippen LogP contribution in [-0.4, -0.2) is 79.2 Å². The molecule has 0 aliphatic rings. The van der Waals surface area contributed by atoms with Crippen molar-refractivity contribution >= 4 is 5.91 Å². The minimum absolute atomic E-state index is 0.0631. The Bertz CT molecular complexity index is 503. The molecule has 4 atom stereocenters. The molecular weight excluding hydrogens is 310 g/mol. The van der Waals surface area contributed by atoms with E-state index in [-0.39, 0.29) is 30.0 Å². The molecule has 1 rings (SSSR count). The SMILES string of the molecule is O=C(NCCc1c(O)cccc1O)[C@@H](O)[C@@H](O)[C@@H](O)[C@H](O)CO. The molecule has 9 nitrogen and oxygen atoms in total. The fourth-order valence-electron chi connectivity index (χ4n) is 1.91. The molecule has 1 amide bonds. The molecule has 0 unspecified atom stereocenters. The number of rotatable bonds is 8. The second kappa shape index (κ2) is 8.65. The van der Waals surface area contributed by atoms with Crippen molar-refractivity contribution < 1.29 is 40.5 Å². The number of hydrogen-bond donors (Lipinski definition) is 8. The molecule has 23 heavy (non-hydrogen) atoms. The number of aliphatic hydroxyl groups is 5. The normalized spacial score (nSPS) is 16.4. The van der Waals surface area contributed by atoms with Crippen LogP contribution in [-0.2, 0) is 11.2 Å². The second-order valence-electron chi connectivity index (χ2n) is 4.99. The van der Waals surface area contributed by atoms with E-state index in [0.29, 0.717) is 0 Å². The van der Waals surface area contributed by atoms with Crippen molar-refractivity contribution in [2.24, 2.45) is 0 Å². The maximum absolute atomic E-state index is 11.7. The Kier molecular flexibility index (Phi) is 7.20. The first-order valence-electron chi connectivity index (χ1n) is 6.90. The zero-order valence-electron chi connectivity index (χ0n) is 12.2. The van der Waals surface area contributed by atoms with E-state index in [1.54, 1.807) is 0 Å². The largest absolute Gasteiger partial charge is 0.508 e. The molecule has 0 saturated carbocycles. The third-order valence-electron chi connectivity index (χ3n) is 3.32. The van der Waals surface area contributed by atoms with Gasteiger partial charge in [0.05, 0.1) is 6.61 Å². The van der Waals surface area contributed by atoms with Crippen LogP contribution in [0, 0.1) is 0 Å². The number of aromatic hydroxyl groups is 2. The van der Waals surface area contributed by atoms with E-state index in [1.165, 1.54) is 18.2 Å². The smallest absolute Gasteiger partial charge is 0.251 e. The fourth-order valence-corrected chi connectivity index (χ4v) is 1.91. The van der Waals surface area contributed by atoms with Gasteiger partial charge in [0.2, 0.25) is 0 Å². The lowest BCUT2D eigenvalue weighted by molar-refractivity contribution is -0.148. The zero-order valence-corrected chi connectivity index (χ0v) is 12.2. The first-order chi connectivity index (χ1) is 10.8. The molecule has 130 valence electrons. The Morgan fingerprint density at radius 2 is 1.61 bits per heavy atom. The Morgan fingerprint density at radius 3 is 2.13 bits per heavy atom. The van der Waals surface area contributed by atoms with Crippen LogP contribution in [0.1, 0.15) is 5.56 Å². The lowest BCUT2D eigenvalue weighted by Crippen LogP contribution is -2.51. The number of carbonyl (C=O) groups excluding carboxylic acids is 1. The highest BCUT2D eigenvalue weighted by Gasteiger charge is 2.33. The highest BCUT2D eigenvalue weighted by Crippen LogP contribution is 2.26. The van der Waals surface area contributed by atoms with Gasteiger partial charge in [-0.1, -0.05) is 6.07 Å². The summed E-state index contributed by atoms with van der Waals surface area (Å²) in [6, 6.07) is 4.17. The van der Waals surface area contributed by atoms with Gasteiger partial charge in [0, 0.05) is 12.1 Å². The van der Waals surface area contributed by atoms with Crippen molar-refractivity contribution in [1.29, 1.82) is 0 Å². The van der Waals surface area contributed by atoms with Gasteiger partial charge in [-0.15, -0.1) is 0 Å². The first-order valence-corrected chi connectivity index (χ1v) is 6.90. The van der Waals surface area contributed by atoms with E-state index in [2.05, 4.69) is 5.32 Å². The van der Waals surface area contributed by atoms with Crippen LogP contribution in [0.4, 0.5) is 0 Å². The van der Waals surface area contributed by atoms with Gasteiger partial charge in [0.15, 0.2) is 6.10 Å². The highest BCUT2D eigenvalue weighted by atomic mass is 16.4. The van der Waals surface area contributed by atoms with Gasteiger partial charge in [-0.3, -0.25) is 4.79 Å². The van der Waals surface area contributed by atoms with E-state index >= 15 is 0 Å². The lowest BCUT2D eigenvalue weighted by atomic mass is 10.0. The number of benzene rings is 1.